The van der Waals surface area contributed by atoms with Crippen molar-refractivity contribution < 1.29 is 71.3 Å². The molecule has 7 aromatic carbocycles. The largest absolute Gasteiger partial charge is 0.494 e. The van der Waals surface area contributed by atoms with Crippen LogP contribution < -0.4 is 28.4 Å². The van der Waals surface area contributed by atoms with Crippen LogP contribution >= 0.6 is 0 Å². The summed E-state index contributed by atoms with van der Waals surface area (Å²) in [4.78, 5) is 71.1. The first-order valence-corrected chi connectivity index (χ1v) is 32.9. The van der Waals surface area contributed by atoms with E-state index in [9.17, 15) is 24.0 Å². The average molecular weight is 1280 g/mol. The number of carbonyl (C=O) groups excluding carboxylic acids is 5. The van der Waals surface area contributed by atoms with Crippen molar-refractivity contribution in [1.29, 1.82) is 0 Å². The van der Waals surface area contributed by atoms with E-state index in [1.54, 1.807) is 42.5 Å². The van der Waals surface area contributed by atoms with Crippen molar-refractivity contribution in [3.8, 4) is 40.2 Å². The highest BCUT2D eigenvalue weighted by Gasteiger charge is 2.28. The highest BCUT2D eigenvalue weighted by molar-refractivity contribution is 6.24. The van der Waals surface area contributed by atoms with Gasteiger partial charge in [0.15, 0.2) is 0 Å². The van der Waals surface area contributed by atoms with Gasteiger partial charge in [0.2, 0.25) is 0 Å². The molecule has 1 heterocycles. The molecular weight excluding hydrogens is 1190 g/mol. The summed E-state index contributed by atoms with van der Waals surface area (Å²) in [5, 5.41) is 3.47. The molecule has 8 aromatic rings. The van der Waals surface area contributed by atoms with E-state index in [1.165, 1.54) is 18.2 Å². The third-order valence-corrected chi connectivity index (χ3v) is 16.3. The van der Waals surface area contributed by atoms with Gasteiger partial charge < -0.3 is 47.4 Å². The Morgan fingerprint density at radius 1 is 0.394 bits per heavy atom. The number of rotatable bonds is 39. The van der Waals surface area contributed by atoms with Crippen LogP contribution in [0.15, 0.2) is 165 Å². The van der Waals surface area contributed by atoms with Gasteiger partial charge >= 0.3 is 29.8 Å². The second kappa shape index (κ2) is 36.6. The number of unbranched alkanes of at least 4 members (excludes halogenated alkanes) is 12. The second-order valence-electron chi connectivity index (χ2n) is 23.3. The quantitative estimate of drug-likeness (QED) is 0.00668. The zero-order valence-corrected chi connectivity index (χ0v) is 53.5. The lowest BCUT2D eigenvalue weighted by molar-refractivity contribution is -0.141. The summed E-state index contributed by atoms with van der Waals surface area (Å²) in [5.41, 5.74) is 3.86. The highest BCUT2D eigenvalue weighted by Crippen LogP contribution is 2.39. The number of carbonyl (C=O) groups is 5. The van der Waals surface area contributed by atoms with Gasteiger partial charge in [-0.25, -0.2) is 29.1 Å². The van der Waals surface area contributed by atoms with Gasteiger partial charge in [0.25, 0.3) is 0 Å². The van der Waals surface area contributed by atoms with Gasteiger partial charge in [0, 0.05) is 35.1 Å². The molecule has 1 aliphatic carbocycles. The van der Waals surface area contributed by atoms with E-state index < -0.39 is 17.9 Å². The lowest BCUT2D eigenvalue weighted by atomic mass is 9.87. The molecule has 1 aromatic heterocycles. The van der Waals surface area contributed by atoms with Crippen molar-refractivity contribution in [1.82, 2.24) is 9.97 Å². The van der Waals surface area contributed by atoms with Crippen molar-refractivity contribution >= 4 is 73.5 Å². The smallest absolute Gasteiger partial charge is 0.343 e. The molecule has 17 nitrogen and oxygen atoms in total. The summed E-state index contributed by atoms with van der Waals surface area (Å²) in [5.74, 6) is 2.04. The van der Waals surface area contributed by atoms with E-state index in [0.29, 0.717) is 115 Å². The van der Waals surface area contributed by atoms with Crippen LogP contribution in [0.3, 0.4) is 0 Å². The molecule has 0 radical (unpaired) electrons. The van der Waals surface area contributed by atoms with E-state index >= 15 is 0 Å². The minimum Gasteiger partial charge on any atom is -0.494 e. The zero-order valence-electron chi connectivity index (χ0n) is 53.5. The third kappa shape index (κ3) is 21.2. The molecule has 0 amide bonds. The predicted molar refractivity (Wildman–Crippen MR) is 362 cm³/mol. The lowest BCUT2D eigenvalue weighted by Crippen LogP contribution is -2.28. The van der Waals surface area contributed by atoms with Crippen LogP contribution in [-0.4, -0.2) is 85.6 Å². The third-order valence-electron chi connectivity index (χ3n) is 16.3. The summed E-state index contributed by atoms with van der Waals surface area (Å²) < 4.78 is 57.8. The standard InChI is InChI=1S/C77H84N2O15/c1-4-71(80)88-47-19-11-9-7-8-10-16-46-87-62-38-41-65-66-42-39-63(51-68(66)74-75(67(65)50-62)79-70-52-64(40-43-69(70)78-74)92-60-34-30-57(31-35-60)85-44-17-12-14-20-48-89-72(81)5-2)94-77(84)55-24-22-54(23-25-55)53-91-59-28-26-56(27-29-59)76(83)93-61-36-32-58(33-37-61)86-45-18-13-15-21-49-90-73(82)6-3/h4-6,22-25,30-43,50-52,56,59H,1-3,7-21,26-29,44-49,53H2. The Morgan fingerprint density at radius 3 is 1.34 bits per heavy atom. The number of ether oxygens (including phenoxy) is 10. The first kappa shape index (κ1) is 68.7. The summed E-state index contributed by atoms with van der Waals surface area (Å²) in [7, 11) is 0. The molecule has 0 aliphatic heterocycles. The molecule has 492 valence electrons. The van der Waals surface area contributed by atoms with Gasteiger partial charge in [-0.05, 0) is 215 Å². The number of aromatic nitrogens is 2. The lowest BCUT2D eigenvalue weighted by Gasteiger charge is -2.27. The van der Waals surface area contributed by atoms with Crippen molar-refractivity contribution in [2.24, 2.45) is 5.92 Å². The molecule has 17 heteroatoms. The molecule has 1 saturated carbocycles. The summed E-state index contributed by atoms with van der Waals surface area (Å²) >= 11 is 0. The topological polar surface area (TPSA) is 203 Å². The molecule has 0 unspecified atom stereocenters. The molecule has 1 fully saturated rings. The van der Waals surface area contributed by atoms with Crippen molar-refractivity contribution in [2.75, 3.05) is 39.6 Å². The van der Waals surface area contributed by atoms with E-state index in [4.69, 9.17) is 57.3 Å². The SMILES string of the molecule is C=CC(=O)OCCCCCCCCCOc1ccc2c3ccc(OC(=O)c4ccc(COC5CCC(C(=O)Oc6ccc(OCCCCCCOC(=O)C=C)cc6)CC5)cc4)cc3c3nc4ccc(Oc5ccc(OCCCCCCOC(=O)C=C)cc5)cc4nc3c2c1. The molecule has 94 heavy (non-hydrogen) atoms. The second-order valence-corrected chi connectivity index (χ2v) is 23.3. The molecular formula is C77H84N2O15. The maximum Gasteiger partial charge on any atom is 0.343 e. The van der Waals surface area contributed by atoms with Crippen molar-refractivity contribution in [3.05, 3.63) is 176 Å². The molecule has 1 aliphatic rings. The number of fused-ring (bicyclic) bond motifs is 7. The molecule has 0 atom stereocenters. The molecule has 0 bridgehead atoms. The number of hydrogen-bond acceptors (Lipinski definition) is 17. The van der Waals surface area contributed by atoms with E-state index in [-0.39, 0.29) is 24.0 Å². The Hall–Kier alpha value is -9.61. The summed E-state index contributed by atoms with van der Waals surface area (Å²) in [6, 6.07) is 39.1. The van der Waals surface area contributed by atoms with Gasteiger partial charge in [-0.2, -0.15) is 0 Å². The normalized spacial score (nSPS) is 13.6. The van der Waals surface area contributed by atoms with Gasteiger partial charge in [-0.15, -0.1) is 0 Å². The predicted octanol–water partition coefficient (Wildman–Crippen LogP) is 17.0. The van der Waals surface area contributed by atoms with Crippen LogP contribution in [0, 0.1) is 5.92 Å². The Morgan fingerprint density at radius 2 is 0.819 bits per heavy atom. The van der Waals surface area contributed by atoms with Gasteiger partial charge in [-0.3, -0.25) is 4.79 Å². The highest BCUT2D eigenvalue weighted by atomic mass is 16.6. The summed E-state index contributed by atoms with van der Waals surface area (Å²) in [6.45, 7) is 13.5. The molecule has 0 N–H and O–H groups in total. The minimum atomic E-state index is -0.512. The fourth-order valence-corrected chi connectivity index (χ4v) is 11.1. The monoisotopic (exact) mass is 1280 g/mol. The van der Waals surface area contributed by atoms with Crippen LogP contribution in [0.2, 0.25) is 0 Å². The number of benzene rings is 7. The van der Waals surface area contributed by atoms with Crippen LogP contribution in [0.4, 0.5) is 0 Å². The van der Waals surface area contributed by atoms with Crippen LogP contribution in [0.25, 0.3) is 43.6 Å². The number of nitrogens with zero attached hydrogens (tertiary/aromatic N) is 2. The van der Waals surface area contributed by atoms with Crippen molar-refractivity contribution in [2.45, 2.75) is 135 Å². The maximum absolute atomic E-state index is 13.8. The van der Waals surface area contributed by atoms with Gasteiger partial charge in [0.05, 0.1) is 85.9 Å². The van der Waals surface area contributed by atoms with E-state index in [0.717, 1.165) is 148 Å². The maximum atomic E-state index is 13.8. The van der Waals surface area contributed by atoms with E-state index in [1.807, 2.05) is 84.9 Å². The Bertz CT molecular complexity index is 3840. The first-order valence-electron chi connectivity index (χ1n) is 32.9. The number of esters is 5. The summed E-state index contributed by atoms with van der Waals surface area (Å²) in [6.07, 6.45) is 20.5. The van der Waals surface area contributed by atoms with Crippen molar-refractivity contribution in [3.63, 3.8) is 0 Å². The van der Waals surface area contributed by atoms with Crippen LogP contribution in [0.5, 0.6) is 40.2 Å². The Balaban J connectivity index is 0.790. The van der Waals surface area contributed by atoms with Gasteiger partial charge in [-0.1, -0.05) is 64.0 Å². The molecule has 9 rings (SSSR count). The Kier molecular flexibility index (Phi) is 26.8. The first-order chi connectivity index (χ1) is 46.0. The molecule has 0 saturated heterocycles. The van der Waals surface area contributed by atoms with E-state index in [2.05, 4.69) is 19.7 Å². The zero-order chi connectivity index (χ0) is 65.7. The minimum absolute atomic E-state index is 0.0117. The fraction of sp³-hybridized carbons (Fsp3) is 0.364. The van der Waals surface area contributed by atoms with Gasteiger partial charge in [0.1, 0.15) is 40.2 Å². The molecule has 0 spiro atoms. The average Bonchev–Trinajstić information content (AvgIpc) is 0.814. The van der Waals surface area contributed by atoms with Crippen LogP contribution in [-0.2, 0) is 44.7 Å². The van der Waals surface area contributed by atoms with Crippen LogP contribution in [0.1, 0.15) is 138 Å². The Labute approximate surface area is 549 Å². The number of hydrogen-bond donors (Lipinski definition) is 0. The fourth-order valence-electron chi connectivity index (χ4n) is 11.1.